The molecule has 2 aromatic carbocycles. The van der Waals surface area contributed by atoms with Crippen molar-refractivity contribution in [3.05, 3.63) is 72.9 Å². The molecule has 24 heavy (non-hydrogen) atoms. The van der Waals surface area contributed by atoms with Crippen molar-refractivity contribution in [3.63, 3.8) is 0 Å². The van der Waals surface area contributed by atoms with E-state index in [0.717, 1.165) is 0 Å². The maximum absolute atomic E-state index is 2.41. The molecule has 0 spiro atoms. The van der Waals surface area contributed by atoms with Crippen LogP contribution in [0.15, 0.2) is 72.9 Å². The van der Waals surface area contributed by atoms with Gasteiger partial charge in [0.15, 0.2) is 6.17 Å². The first-order valence-electron chi connectivity index (χ1n) is 8.33. The molecule has 4 rings (SSSR count). The number of aromatic nitrogens is 1. The van der Waals surface area contributed by atoms with Gasteiger partial charge >= 0.3 is 0 Å². The minimum Gasteiger partial charge on any atom is -0.336 e. The lowest BCUT2D eigenvalue weighted by atomic mass is 10.0. The highest BCUT2D eigenvalue weighted by Crippen LogP contribution is 2.43. The van der Waals surface area contributed by atoms with Crippen LogP contribution in [0.2, 0.25) is 0 Å². The van der Waals surface area contributed by atoms with Crippen molar-refractivity contribution in [1.82, 2.24) is 0 Å². The molecule has 2 heterocycles. The molecular weight excluding hydrogens is 294 g/mol. The number of rotatable bonds is 1. The van der Waals surface area contributed by atoms with E-state index in [4.69, 9.17) is 0 Å². The number of hydrogen-bond acceptors (Lipinski definition) is 2. The third-order valence-electron chi connectivity index (χ3n) is 4.95. The Bertz CT molecular complexity index is 888. The zero-order chi connectivity index (χ0) is 16.7. The van der Waals surface area contributed by atoms with Gasteiger partial charge in [-0.3, -0.25) is 0 Å². The Kier molecular flexibility index (Phi) is 3.49. The number of para-hydroxylation sites is 2. The molecule has 0 aliphatic carbocycles. The van der Waals surface area contributed by atoms with Crippen LogP contribution in [0.4, 0.5) is 17.2 Å². The molecule has 0 saturated heterocycles. The van der Waals surface area contributed by atoms with Crippen LogP contribution in [0.1, 0.15) is 6.92 Å². The molecule has 0 fully saturated rings. The van der Waals surface area contributed by atoms with Gasteiger partial charge in [-0.2, -0.15) is 0 Å². The number of benzene rings is 2. The summed E-state index contributed by atoms with van der Waals surface area (Å²) in [5.74, 6) is 1.18. The van der Waals surface area contributed by atoms with E-state index >= 15 is 0 Å². The van der Waals surface area contributed by atoms with E-state index in [2.05, 4.69) is 108 Å². The Morgan fingerprint density at radius 2 is 1.38 bits per heavy atom. The van der Waals surface area contributed by atoms with Crippen LogP contribution in [-0.4, -0.2) is 13.2 Å². The lowest BCUT2D eigenvalue weighted by molar-refractivity contribution is -0.658. The first-order chi connectivity index (χ1) is 11.7. The highest BCUT2D eigenvalue weighted by atomic mass is 15.4. The molecular formula is C21H22N3+. The van der Waals surface area contributed by atoms with Crippen LogP contribution in [0.5, 0.6) is 0 Å². The molecule has 3 aromatic rings. The third kappa shape index (κ3) is 2.16. The zero-order valence-electron chi connectivity index (χ0n) is 14.3. The van der Waals surface area contributed by atoms with Crippen molar-refractivity contribution in [1.29, 1.82) is 0 Å². The smallest absolute Gasteiger partial charge is 0.283 e. The van der Waals surface area contributed by atoms with E-state index < -0.39 is 0 Å². The summed E-state index contributed by atoms with van der Waals surface area (Å²) in [6, 6.07) is 23.7. The first-order valence-corrected chi connectivity index (χ1v) is 8.33. The largest absolute Gasteiger partial charge is 0.336 e. The molecule has 1 aliphatic rings. The number of fused-ring (bicyclic) bond motifs is 3. The highest BCUT2D eigenvalue weighted by Gasteiger charge is 2.35. The van der Waals surface area contributed by atoms with Gasteiger partial charge in [-0.05, 0) is 25.1 Å². The van der Waals surface area contributed by atoms with Crippen LogP contribution < -0.4 is 14.4 Å². The molecule has 0 saturated carbocycles. The molecule has 1 aromatic heterocycles. The second kappa shape index (κ2) is 5.68. The maximum Gasteiger partial charge on any atom is 0.283 e. The van der Waals surface area contributed by atoms with E-state index in [-0.39, 0.29) is 6.17 Å². The van der Waals surface area contributed by atoms with Gasteiger partial charge in [0.25, 0.3) is 5.82 Å². The summed E-state index contributed by atoms with van der Waals surface area (Å²) >= 11 is 0. The molecule has 1 unspecified atom stereocenters. The predicted octanol–water partition coefficient (Wildman–Crippen LogP) is 4.11. The lowest BCUT2D eigenvalue weighted by Crippen LogP contribution is -2.47. The van der Waals surface area contributed by atoms with Crippen molar-refractivity contribution in [3.8, 4) is 11.1 Å². The monoisotopic (exact) mass is 316 g/mol. The van der Waals surface area contributed by atoms with Gasteiger partial charge in [-0.15, -0.1) is 0 Å². The second-order valence-electron chi connectivity index (χ2n) is 6.32. The first kappa shape index (κ1) is 14.8. The number of anilines is 3. The average molecular weight is 316 g/mol. The van der Waals surface area contributed by atoms with E-state index in [0.29, 0.717) is 0 Å². The minimum absolute atomic E-state index is 0.198. The Balaban J connectivity index is 2.02. The predicted molar refractivity (Wildman–Crippen MR) is 99.5 cm³/mol. The summed E-state index contributed by atoms with van der Waals surface area (Å²) in [5, 5.41) is 0. The Morgan fingerprint density at radius 3 is 2.08 bits per heavy atom. The maximum atomic E-state index is 2.41. The third-order valence-corrected chi connectivity index (χ3v) is 4.95. The summed E-state index contributed by atoms with van der Waals surface area (Å²) in [7, 11) is 4.27. The van der Waals surface area contributed by atoms with Crippen LogP contribution in [0.25, 0.3) is 11.1 Å². The Labute approximate surface area is 143 Å². The van der Waals surface area contributed by atoms with Crippen LogP contribution in [0, 0.1) is 0 Å². The molecule has 1 atom stereocenters. The van der Waals surface area contributed by atoms with E-state index in [1.54, 1.807) is 0 Å². The Morgan fingerprint density at radius 1 is 0.792 bits per heavy atom. The van der Waals surface area contributed by atoms with Gasteiger partial charge in [0.2, 0.25) is 0 Å². The summed E-state index contributed by atoms with van der Waals surface area (Å²) in [6.07, 6.45) is 2.30. The summed E-state index contributed by atoms with van der Waals surface area (Å²) in [6.45, 7) is 2.26. The SMILES string of the molecule is CC1N(C)c2ccccc2-c2ccccc2N1c1cccc[n+]1C. The second-order valence-corrected chi connectivity index (χ2v) is 6.32. The van der Waals surface area contributed by atoms with Crippen LogP contribution >= 0.6 is 0 Å². The van der Waals surface area contributed by atoms with Crippen LogP contribution in [-0.2, 0) is 7.05 Å². The van der Waals surface area contributed by atoms with E-state index in [1.807, 2.05) is 0 Å². The summed E-state index contributed by atoms with van der Waals surface area (Å²) < 4.78 is 2.18. The van der Waals surface area contributed by atoms with Gasteiger partial charge < -0.3 is 4.90 Å². The molecule has 3 heteroatoms. The number of nitrogens with zero attached hydrogens (tertiary/aromatic N) is 3. The molecule has 0 N–H and O–H groups in total. The van der Waals surface area contributed by atoms with E-state index in [1.165, 1.54) is 28.3 Å². The quantitative estimate of drug-likeness (QED) is 0.625. The number of aryl methyl sites for hydroxylation is 1. The fourth-order valence-electron chi connectivity index (χ4n) is 3.58. The summed E-state index contributed by atoms with van der Waals surface area (Å²) in [4.78, 5) is 4.76. The van der Waals surface area contributed by atoms with Gasteiger partial charge in [-0.25, -0.2) is 9.47 Å². The molecule has 1 aliphatic heterocycles. The summed E-state index contributed by atoms with van der Waals surface area (Å²) in [5.41, 5.74) is 5.05. The van der Waals surface area contributed by atoms with Crippen LogP contribution in [0.3, 0.4) is 0 Å². The fraction of sp³-hybridized carbons (Fsp3) is 0.190. The Hall–Kier alpha value is -2.81. The molecule has 0 radical (unpaired) electrons. The molecule has 120 valence electrons. The van der Waals surface area contributed by atoms with Crippen molar-refractivity contribution in [2.75, 3.05) is 16.8 Å². The zero-order valence-corrected chi connectivity index (χ0v) is 14.3. The van der Waals surface area contributed by atoms with Gasteiger partial charge in [0.05, 0.1) is 13.2 Å². The lowest BCUT2D eigenvalue weighted by Gasteiger charge is -2.30. The van der Waals surface area contributed by atoms with Gasteiger partial charge in [0.1, 0.15) is 5.69 Å². The molecule has 0 bridgehead atoms. The van der Waals surface area contributed by atoms with E-state index in [9.17, 15) is 0 Å². The van der Waals surface area contributed by atoms with Crippen molar-refractivity contribution >= 4 is 17.2 Å². The fourth-order valence-corrected chi connectivity index (χ4v) is 3.58. The van der Waals surface area contributed by atoms with Crippen molar-refractivity contribution in [2.45, 2.75) is 13.1 Å². The average Bonchev–Trinajstić information content (AvgIpc) is 2.71. The molecule has 3 nitrogen and oxygen atoms in total. The number of hydrogen-bond donors (Lipinski definition) is 0. The molecule has 0 amide bonds. The topological polar surface area (TPSA) is 10.4 Å². The number of pyridine rings is 1. The minimum atomic E-state index is 0.198. The van der Waals surface area contributed by atoms with Gasteiger partial charge in [0, 0.05) is 29.9 Å². The normalized spacial score (nSPS) is 16.4. The van der Waals surface area contributed by atoms with Gasteiger partial charge in [-0.1, -0.05) is 42.5 Å². The highest BCUT2D eigenvalue weighted by molar-refractivity contribution is 5.90. The van der Waals surface area contributed by atoms with Crippen molar-refractivity contribution in [2.24, 2.45) is 7.05 Å². The van der Waals surface area contributed by atoms with Crippen molar-refractivity contribution < 1.29 is 4.57 Å². The standard InChI is InChI=1S/C21H22N3/c1-16-23(3)19-12-6-4-10-17(19)18-11-5-7-13-20(18)24(16)21-14-8-9-15-22(21)2/h4-16H,1-3H3/q+1.